The van der Waals surface area contributed by atoms with Gasteiger partial charge < -0.3 is 10.5 Å². The minimum Gasteiger partial charge on any atom is -0.494 e. The summed E-state index contributed by atoms with van der Waals surface area (Å²) < 4.78 is 32.2. The highest BCUT2D eigenvalue weighted by Crippen LogP contribution is 2.28. The predicted octanol–water partition coefficient (Wildman–Crippen LogP) is 1.24. The first kappa shape index (κ1) is 14.3. The normalized spacial score (nSPS) is 17.8. The second kappa shape index (κ2) is 5.48. The lowest BCUT2D eigenvalue weighted by molar-refractivity contribution is 0.251. The molecule has 1 aliphatic carbocycles. The monoisotopic (exact) mass is 284 g/mol. The van der Waals surface area contributed by atoms with Crippen LogP contribution in [-0.2, 0) is 10.0 Å². The maximum absolute atomic E-state index is 12.2. The van der Waals surface area contributed by atoms with E-state index >= 15 is 0 Å². The van der Waals surface area contributed by atoms with E-state index in [2.05, 4.69) is 4.72 Å². The van der Waals surface area contributed by atoms with Crippen molar-refractivity contribution in [1.82, 2.24) is 4.72 Å². The average molecular weight is 284 g/mol. The highest BCUT2D eigenvalue weighted by atomic mass is 32.2. The molecule has 106 valence electrons. The molecule has 2 rings (SSSR count). The molecule has 1 fully saturated rings. The van der Waals surface area contributed by atoms with Gasteiger partial charge in [0.05, 0.1) is 11.5 Å². The lowest BCUT2D eigenvalue weighted by Gasteiger charge is -2.38. The molecule has 0 saturated heterocycles. The van der Waals surface area contributed by atoms with Crippen molar-refractivity contribution in [1.29, 1.82) is 0 Å². The van der Waals surface area contributed by atoms with Crippen LogP contribution in [-0.4, -0.2) is 27.1 Å². The second-order valence-corrected chi connectivity index (χ2v) is 6.72. The Morgan fingerprint density at radius 1 is 1.42 bits per heavy atom. The maximum Gasteiger partial charge on any atom is 0.240 e. The molecule has 0 bridgehead atoms. The zero-order valence-electron chi connectivity index (χ0n) is 11.1. The lowest BCUT2D eigenvalue weighted by atomic mass is 9.78. The highest BCUT2D eigenvalue weighted by molar-refractivity contribution is 7.89. The number of nitrogens with two attached hydrogens (primary N) is 1. The van der Waals surface area contributed by atoms with E-state index in [9.17, 15) is 8.42 Å². The molecule has 1 aromatic carbocycles. The molecule has 6 heteroatoms. The smallest absolute Gasteiger partial charge is 0.240 e. The average Bonchev–Trinajstić information content (AvgIpc) is 2.35. The third-order valence-corrected chi connectivity index (χ3v) is 4.79. The molecule has 1 aliphatic rings. The Morgan fingerprint density at radius 3 is 2.74 bits per heavy atom. The fourth-order valence-corrected chi connectivity index (χ4v) is 3.20. The lowest BCUT2D eigenvalue weighted by Crippen LogP contribution is -2.54. The van der Waals surface area contributed by atoms with Crippen LogP contribution in [0.5, 0.6) is 5.75 Å². The highest BCUT2D eigenvalue weighted by Gasteiger charge is 2.33. The molecular weight excluding hydrogens is 264 g/mol. The molecule has 0 aliphatic heterocycles. The van der Waals surface area contributed by atoms with Crippen molar-refractivity contribution in [3.63, 3.8) is 0 Å². The Labute approximate surface area is 114 Å². The van der Waals surface area contributed by atoms with E-state index in [-0.39, 0.29) is 17.0 Å². The number of sulfonamides is 1. The van der Waals surface area contributed by atoms with Crippen molar-refractivity contribution >= 4 is 10.0 Å². The summed E-state index contributed by atoms with van der Waals surface area (Å²) in [5.74, 6) is 0.552. The van der Waals surface area contributed by atoms with Crippen LogP contribution in [0.3, 0.4) is 0 Å². The summed E-state index contributed by atoms with van der Waals surface area (Å²) in [6.07, 6.45) is 2.81. The molecule has 1 aromatic rings. The Morgan fingerprint density at radius 2 is 2.16 bits per heavy atom. The van der Waals surface area contributed by atoms with Gasteiger partial charge in [-0.1, -0.05) is 6.07 Å². The van der Waals surface area contributed by atoms with Gasteiger partial charge in [0.1, 0.15) is 5.75 Å². The summed E-state index contributed by atoms with van der Waals surface area (Å²) in [6, 6.07) is 6.48. The van der Waals surface area contributed by atoms with E-state index in [0.717, 1.165) is 19.3 Å². The second-order valence-electron chi connectivity index (χ2n) is 4.95. The van der Waals surface area contributed by atoms with E-state index in [4.69, 9.17) is 10.5 Å². The molecule has 0 heterocycles. The standard InChI is InChI=1S/C13H20N2O3S/c1-2-18-11-5-3-6-12(9-11)19(16,17)15-10-13(14)7-4-8-13/h3,5-6,9,15H,2,4,7-8,10,14H2,1H3. The fraction of sp³-hybridized carbons (Fsp3) is 0.538. The van der Waals surface area contributed by atoms with Crippen LogP contribution >= 0.6 is 0 Å². The quantitative estimate of drug-likeness (QED) is 0.823. The van der Waals surface area contributed by atoms with E-state index in [1.807, 2.05) is 6.92 Å². The van der Waals surface area contributed by atoms with Gasteiger partial charge in [0.15, 0.2) is 0 Å². The minimum absolute atomic E-state index is 0.210. The van der Waals surface area contributed by atoms with Gasteiger partial charge in [0.2, 0.25) is 10.0 Å². The molecule has 1 saturated carbocycles. The van der Waals surface area contributed by atoms with Crippen LogP contribution in [0.2, 0.25) is 0 Å². The molecule has 19 heavy (non-hydrogen) atoms. The molecule has 5 nitrogen and oxygen atoms in total. The topological polar surface area (TPSA) is 81.4 Å². The van der Waals surface area contributed by atoms with Crippen molar-refractivity contribution in [2.24, 2.45) is 5.73 Å². The first-order valence-electron chi connectivity index (χ1n) is 6.47. The number of hydrogen-bond donors (Lipinski definition) is 2. The molecule has 0 aromatic heterocycles. The maximum atomic E-state index is 12.2. The zero-order valence-corrected chi connectivity index (χ0v) is 11.9. The minimum atomic E-state index is -3.52. The van der Waals surface area contributed by atoms with Crippen molar-refractivity contribution in [2.75, 3.05) is 13.2 Å². The van der Waals surface area contributed by atoms with Gasteiger partial charge in [-0.05, 0) is 38.3 Å². The van der Waals surface area contributed by atoms with Crippen LogP contribution < -0.4 is 15.2 Å². The van der Waals surface area contributed by atoms with E-state index < -0.39 is 10.0 Å². The Kier molecular flexibility index (Phi) is 4.13. The number of nitrogens with one attached hydrogen (secondary N) is 1. The first-order chi connectivity index (χ1) is 8.95. The zero-order chi connectivity index (χ0) is 13.9. The van der Waals surface area contributed by atoms with Crippen LogP contribution in [0.15, 0.2) is 29.2 Å². The molecule has 0 spiro atoms. The van der Waals surface area contributed by atoms with Crippen molar-refractivity contribution in [3.8, 4) is 5.75 Å². The Hall–Kier alpha value is -1.11. The van der Waals surface area contributed by atoms with Gasteiger partial charge in [0.25, 0.3) is 0 Å². The number of rotatable bonds is 6. The Balaban J connectivity index is 2.08. The van der Waals surface area contributed by atoms with Crippen LogP contribution in [0, 0.1) is 0 Å². The van der Waals surface area contributed by atoms with Crippen LogP contribution in [0.25, 0.3) is 0 Å². The van der Waals surface area contributed by atoms with Gasteiger partial charge in [-0.25, -0.2) is 13.1 Å². The van der Waals surface area contributed by atoms with Gasteiger partial charge in [-0.3, -0.25) is 0 Å². The molecule has 0 amide bonds. The summed E-state index contributed by atoms with van der Waals surface area (Å²) in [5.41, 5.74) is 5.64. The summed E-state index contributed by atoms with van der Waals surface area (Å²) >= 11 is 0. The van der Waals surface area contributed by atoms with E-state index in [0.29, 0.717) is 12.4 Å². The third kappa shape index (κ3) is 3.46. The molecule has 0 radical (unpaired) electrons. The van der Waals surface area contributed by atoms with Gasteiger partial charge >= 0.3 is 0 Å². The summed E-state index contributed by atoms with van der Waals surface area (Å²) in [5, 5.41) is 0. The third-order valence-electron chi connectivity index (χ3n) is 3.39. The summed E-state index contributed by atoms with van der Waals surface area (Å²) in [6.45, 7) is 2.64. The van der Waals surface area contributed by atoms with Crippen LogP contribution in [0.4, 0.5) is 0 Å². The molecular formula is C13H20N2O3S. The summed E-state index contributed by atoms with van der Waals surface area (Å²) in [7, 11) is -3.52. The fourth-order valence-electron chi connectivity index (χ4n) is 2.03. The molecule has 0 atom stereocenters. The SMILES string of the molecule is CCOc1cccc(S(=O)(=O)NCC2(N)CCC2)c1. The van der Waals surface area contributed by atoms with Gasteiger partial charge in [-0.2, -0.15) is 0 Å². The van der Waals surface area contributed by atoms with E-state index in [1.54, 1.807) is 18.2 Å². The Bertz CT molecular complexity index is 539. The molecule has 0 unspecified atom stereocenters. The van der Waals surface area contributed by atoms with Crippen molar-refractivity contribution in [3.05, 3.63) is 24.3 Å². The largest absolute Gasteiger partial charge is 0.494 e. The first-order valence-corrected chi connectivity index (χ1v) is 7.95. The van der Waals surface area contributed by atoms with Crippen molar-refractivity contribution in [2.45, 2.75) is 36.6 Å². The summed E-state index contributed by atoms with van der Waals surface area (Å²) in [4.78, 5) is 0.210. The number of benzene rings is 1. The van der Waals surface area contributed by atoms with Gasteiger partial charge in [-0.15, -0.1) is 0 Å². The van der Waals surface area contributed by atoms with E-state index in [1.165, 1.54) is 6.07 Å². The van der Waals surface area contributed by atoms with Gasteiger partial charge in [0, 0.05) is 18.2 Å². The van der Waals surface area contributed by atoms with Crippen molar-refractivity contribution < 1.29 is 13.2 Å². The number of ether oxygens (including phenoxy) is 1. The van der Waals surface area contributed by atoms with Crippen LogP contribution in [0.1, 0.15) is 26.2 Å². The molecule has 3 N–H and O–H groups in total. The number of hydrogen-bond acceptors (Lipinski definition) is 4. The predicted molar refractivity (Wildman–Crippen MR) is 73.6 cm³/mol.